The molecule has 5 heteroatoms. The number of nitrogens with two attached hydrogens (primary N) is 1. The number of likely N-dealkylation sites (tertiary alicyclic amines) is 1. The van der Waals surface area contributed by atoms with E-state index < -0.39 is 0 Å². The molecule has 0 spiro atoms. The van der Waals surface area contributed by atoms with Crippen LogP contribution in [-0.2, 0) is 9.59 Å². The second kappa shape index (κ2) is 7.66. The second-order valence-electron chi connectivity index (χ2n) is 7.02. The first-order valence-corrected chi connectivity index (χ1v) is 8.94. The normalized spacial score (nSPS) is 21.6. The number of primary amides is 1. The van der Waals surface area contributed by atoms with Crippen molar-refractivity contribution < 1.29 is 14.5 Å². The zero-order valence-corrected chi connectivity index (χ0v) is 14.6. The molecule has 0 saturated carbocycles. The Labute approximate surface area is 148 Å². The maximum atomic E-state index is 12.4. The summed E-state index contributed by atoms with van der Waals surface area (Å²) in [6, 6.07) is 14.4. The number of rotatable bonds is 5. The number of quaternary nitrogens is 1. The van der Waals surface area contributed by atoms with Gasteiger partial charge in [-0.3, -0.25) is 9.59 Å². The van der Waals surface area contributed by atoms with Crippen LogP contribution in [0.15, 0.2) is 42.5 Å². The van der Waals surface area contributed by atoms with E-state index in [-0.39, 0.29) is 23.8 Å². The molecule has 3 rings (SSSR count). The van der Waals surface area contributed by atoms with Gasteiger partial charge in [0, 0.05) is 0 Å². The molecule has 1 aliphatic heterocycles. The summed E-state index contributed by atoms with van der Waals surface area (Å²) in [7, 11) is 0. The zero-order valence-electron chi connectivity index (χ0n) is 14.6. The first-order valence-electron chi connectivity index (χ1n) is 8.94. The highest BCUT2D eigenvalue weighted by Gasteiger charge is 2.28. The van der Waals surface area contributed by atoms with E-state index in [0.717, 1.165) is 29.8 Å². The fourth-order valence-corrected chi connectivity index (χ4v) is 3.63. The lowest BCUT2D eigenvalue weighted by atomic mass is 9.97. The van der Waals surface area contributed by atoms with Gasteiger partial charge in [0.05, 0.1) is 25.0 Å². The van der Waals surface area contributed by atoms with Crippen LogP contribution in [0, 0.1) is 5.92 Å². The van der Waals surface area contributed by atoms with Crippen molar-refractivity contribution in [1.82, 2.24) is 5.32 Å². The average molecular weight is 340 g/mol. The van der Waals surface area contributed by atoms with Crippen LogP contribution >= 0.6 is 0 Å². The van der Waals surface area contributed by atoms with Crippen molar-refractivity contribution in [2.75, 3.05) is 19.6 Å². The molecule has 3 atom stereocenters. The van der Waals surface area contributed by atoms with Crippen LogP contribution in [0.5, 0.6) is 0 Å². The smallest absolute Gasteiger partial charge is 0.275 e. The molecular formula is C20H26N3O2+. The van der Waals surface area contributed by atoms with Crippen LogP contribution in [0.25, 0.3) is 10.8 Å². The molecule has 4 N–H and O–H groups in total. The fourth-order valence-electron chi connectivity index (χ4n) is 3.63. The Balaban J connectivity index is 1.58. The van der Waals surface area contributed by atoms with Gasteiger partial charge in [0.25, 0.3) is 5.91 Å². The van der Waals surface area contributed by atoms with Gasteiger partial charge in [-0.25, -0.2) is 0 Å². The van der Waals surface area contributed by atoms with Crippen LogP contribution in [0.1, 0.15) is 31.4 Å². The van der Waals surface area contributed by atoms with Crippen molar-refractivity contribution in [3.8, 4) is 0 Å². The molecule has 1 aliphatic rings. The average Bonchev–Trinajstić information content (AvgIpc) is 2.61. The van der Waals surface area contributed by atoms with E-state index in [9.17, 15) is 9.59 Å². The van der Waals surface area contributed by atoms with Crippen molar-refractivity contribution in [3.05, 3.63) is 48.0 Å². The van der Waals surface area contributed by atoms with Crippen molar-refractivity contribution in [2.45, 2.75) is 25.8 Å². The van der Waals surface area contributed by atoms with E-state index in [4.69, 9.17) is 5.73 Å². The molecule has 2 amide bonds. The summed E-state index contributed by atoms with van der Waals surface area (Å²) in [6.45, 7) is 3.97. The maximum absolute atomic E-state index is 12.4. The third kappa shape index (κ3) is 4.37. The predicted octanol–water partition coefficient (Wildman–Crippen LogP) is 0.797. The van der Waals surface area contributed by atoms with Gasteiger partial charge in [0.1, 0.15) is 0 Å². The molecular weight excluding hydrogens is 314 g/mol. The standard InChI is InChI=1S/C20H25N3O2/c1-14(16-9-8-15-5-2-3-6-17(15)11-16)22-19(24)13-23-10-4-7-18(12-23)20(21)25/h2-3,5-6,8-9,11,14,18H,4,7,10,12-13H2,1H3,(H2,21,25)(H,22,24)/p+1/t14-,18-/m0/s1. The lowest BCUT2D eigenvalue weighted by Crippen LogP contribution is -3.15. The minimum Gasteiger partial charge on any atom is -0.369 e. The Bertz CT molecular complexity index is 774. The Morgan fingerprint density at radius 3 is 2.76 bits per heavy atom. The van der Waals surface area contributed by atoms with E-state index in [1.807, 2.05) is 19.1 Å². The van der Waals surface area contributed by atoms with Crippen LogP contribution < -0.4 is 16.0 Å². The summed E-state index contributed by atoms with van der Waals surface area (Å²) in [4.78, 5) is 24.9. The summed E-state index contributed by atoms with van der Waals surface area (Å²) >= 11 is 0. The number of nitrogens with one attached hydrogen (secondary N) is 2. The van der Waals surface area contributed by atoms with Gasteiger partial charge in [-0.05, 0) is 42.2 Å². The highest BCUT2D eigenvalue weighted by molar-refractivity contribution is 5.83. The number of fused-ring (bicyclic) bond motifs is 1. The molecule has 1 fully saturated rings. The Morgan fingerprint density at radius 1 is 1.24 bits per heavy atom. The molecule has 1 saturated heterocycles. The zero-order chi connectivity index (χ0) is 17.8. The topological polar surface area (TPSA) is 76.6 Å². The van der Waals surface area contributed by atoms with Gasteiger partial charge >= 0.3 is 0 Å². The summed E-state index contributed by atoms with van der Waals surface area (Å²) in [5, 5.41) is 5.44. The minimum atomic E-state index is -0.248. The Kier molecular flexibility index (Phi) is 5.34. The summed E-state index contributed by atoms with van der Waals surface area (Å²) in [5.74, 6) is -0.336. The second-order valence-corrected chi connectivity index (χ2v) is 7.02. The molecule has 2 aromatic rings. The van der Waals surface area contributed by atoms with E-state index in [0.29, 0.717) is 13.1 Å². The van der Waals surface area contributed by atoms with Gasteiger partial charge in [-0.1, -0.05) is 36.4 Å². The van der Waals surface area contributed by atoms with Crippen LogP contribution in [-0.4, -0.2) is 31.4 Å². The van der Waals surface area contributed by atoms with Crippen molar-refractivity contribution >= 4 is 22.6 Å². The monoisotopic (exact) mass is 340 g/mol. The number of carbonyl (C=O) groups excluding carboxylic acids is 2. The van der Waals surface area contributed by atoms with Crippen molar-refractivity contribution in [1.29, 1.82) is 0 Å². The van der Waals surface area contributed by atoms with Crippen molar-refractivity contribution in [2.24, 2.45) is 11.7 Å². The first kappa shape index (κ1) is 17.4. The highest BCUT2D eigenvalue weighted by atomic mass is 16.2. The number of piperidine rings is 1. The highest BCUT2D eigenvalue weighted by Crippen LogP contribution is 2.20. The molecule has 2 aromatic carbocycles. The van der Waals surface area contributed by atoms with Gasteiger partial charge in [0.15, 0.2) is 6.54 Å². The number of hydrogen-bond acceptors (Lipinski definition) is 2. The van der Waals surface area contributed by atoms with E-state index >= 15 is 0 Å². The van der Waals surface area contributed by atoms with Gasteiger partial charge < -0.3 is 16.0 Å². The molecule has 132 valence electrons. The molecule has 25 heavy (non-hydrogen) atoms. The van der Waals surface area contributed by atoms with Crippen molar-refractivity contribution in [3.63, 3.8) is 0 Å². The lowest BCUT2D eigenvalue weighted by molar-refractivity contribution is -0.899. The summed E-state index contributed by atoms with van der Waals surface area (Å²) < 4.78 is 0. The fraction of sp³-hybridized carbons (Fsp3) is 0.400. The Hall–Kier alpha value is -2.40. The maximum Gasteiger partial charge on any atom is 0.275 e. The van der Waals surface area contributed by atoms with Crippen LogP contribution in [0.2, 0.25) is 0 Å². The molecule has 1 unspecified atom stereocenters. The largest absolute Gasteiger partial charge is 0.369 e. The predicted molar refractivity (Wildman–Crippen MR) is 98.0 cm³/mol. The number of carbonyl (C=O) groups is 2. The molecule has 1 heterocycles. The van der Waals surface area contributed by atoms with E-state index in [1.54, 1.807) is 0 Å². The summed E-state index contributed by atoms with van der Waals surface area (Å²) in [6.07, 6.45) is 1.78. The molecule has 0 aliphatic carbocycles. The molecule has 0 aromatic heterocycles. The lowest BCUT2D eigenvalue weighted by Gasteiger charge is -2.28. The minimum absolute atomic E-state index is 0.0146. The van der Waals surface area contributed by atoms with E-state index in [1.165, 1.54) is 10.8 Å². The van der Waals surface area contributed by atoms with Gasteiger partial charge in [-0.15, -0.1) is 0 Å². The Morgan fingerprint density at radius 2 is 2.00 bits per heavy atom. The quantitative estimate of drug-likeness (QED) is 0.753. The van der Waals surface area contributed by atoms with E-state index in [2.05, 4.69) is 35.6 Å². The van der Waals surface area contributed by atoms with Gasteiger partial charge in [0.2, 0.25) is 5.91 Å². The van der Waals surface area contributed by atoms with Crippen LogP contribution in [0.4, 0.5) is 0 Å². The third-order valence-corrected chi connectivity index (χ3v) is 5.08. The SMILES string of the molecule is C[C@H](NC(=O)C[NH+]1CCC[C@H](C(N)=O)C1)c1ccc2ccccc2c1. The number of hydrogen-bond donors (Lipinski definition) is 3. The molecule has 0 radical (unpaired) electrons. The van der Waals surface area contributed by atoms with Crippen LogP contribution in [0.3, 0.4) is 0 Å². The molecule has 0 bridgehead atoms. The third-order valence-electron chi connectivity index (χ3n) is 5.08. The first-order chi connectivity index (χ1) is 12.0. The molecule has 5 nitrogen and oxygen atoms in total. The number of amides is 2. The van der Waals surface area contributed by atoms with Gasteiger partial charge in [-0.2, -0.15) is 0 Å². The summed E-state index contributed by atoms with van der Waals surface area (Å²) in [5.41, 5.74) is 6.50. The number of benzene rings is 2.